The second-order valence-electron chi connectivity index (χ2n) is 5.45. The van der Waals surface area contributed by atoms with Crippen molar-refractivity contribution in [1.82, 2.24) is 9.97 Å². The minimum atomic E-state index is -0.338. The van der Waals surface area contributed by atoms with E-state index in [9.17, 15) is 9.59 Å². The number of aromatic nitrogens is 2. The summed E-state index contributed by atoms with van der Waals surface area (Å²) in [5, 5.41) is 2.81. The lowest BCUT2D eigenvalue weighted by atomic mass is 10.1. The highest BCUT2D eigenvalue weighted by Crippen LogP contribution is 2.19. The molecule has 1 aromatic heterocycles. The number of imidazole rings is 1. The third-order valence-electron chi connectivity index (χ3n) is 3.28. The van der Waals surface area contributed by atoms with Crippen molar-refractivity contribution >= 4 is 22.6 Å². The number of rotatable bonds is 4. The van der Waals surface area contributed by atoms with E-state index >= 15 is 0 Å². The molecule has 0 radical (unpaired) electrons. The Morgan fingerprint density at radius 2 is 1.83 bits per heavy atom. The minimum absolute atomic E-state index is 0.0958. The Kier molecular flexibility index (Phi) is 3.89. The largest absolute Gasteiger partial charge is 0.491 e. The average Bonchev–Trinajstić information content (AvgIpc) is 2.88. The first-order valence-corrected chi connectivity index (χ1v) is 7.32. The maximum Gasteiger partial charge on any atom is 0.323 e. The smallest absolute Gasteiger partial charge is 0.323 e. The Morgan fingerprint density at radius 1 is 1.09 bits per heavy atom. The average molecular weight is 311 g/mol. The molecule has 0 atom stereocenters. The van der Waals surface area contributed by atoms with Gasteiger partial charge in [0.15, 0.2) is 0 Å². The first-order chi connectivity index (χ1) is 11.0. The highest BCUT2D eigenvalue weighted by Gasteiger charge is 2.12. The van der Waals surface area contributed by atoms with Crippen molar-refractivity contribution in [3.63, 3.8) is 0 Å². The van der Waals surface area contributed by atoms with E-state index in [1.807, 2.05) is 13.8 Å². The number of aromatic amines is 2. The van der Waals surface area contributed by atoms with E-state index in [2.05, 4.69) is 15.3 Å². The molecule has 2 aromatic carbocycles. The zero-order chi connectivity index (χ0) is 16.4. The van der Waals surface area contributed by atoms with Crippen molar-refractivity contribution in [2.45, 2.75) is 20.0 Å². The molecule has 3 rings (SSSR count). The molecular formula is C17H17N3O3. The van der Waals surface area contributed by atoms with Crippen LogP contribution in [-0.2, 0) is 0 Å². The minimum Gasteiger partial charge on any atom is -0.491 e. The maximum absolute atomic E-state index is 12.4. The topological polar surface area (TPSA) is 87.0 Å². The summed E-state index contributed by atoms with van der Waals surface area (Å²) in [6.07, 6.45) is 0.0958. The molecule has 0 unspecified atom stereocenters. The van der Waals surface area contributed by atoms with E-state index in [4.69, 9.17) is 4.74 Å². The SMILES string of the molecule is CC(C)Oc1ccc(NC(=O)c2cccc3[nH]c(=O)[nH]c23)cc1. The number of carbonyl (C=O) groups excluding carboxylic acids is 1. The molecule has 23 heavy (non-hydrogen) atoms. The Bertz CT molecular complexity index is 891. The molecule has 118 valence electrons. The van der Waals surface area contributed by atoms with Crippen LogP contribution < -0.4 is 15.7 Å². The standard InChI is InChI=1S/C17H17N3O3/c1-10(2)23-12-8-6-11(7-9-12)18-16(21)13-4-3-5-14-15(13)20-17(22)19-14/h3-10H,1-2H3,(H,18,21)(H2,19,20,22). The Hall–Kier alpha value is -3.02. The van der Waals surface area contributed by atoms with Gasteiger partial charge in [0.25, 0.3) is 5.91 Å². The number of hydrogen-bond donors (Lipinski definition) is 3. The number of anilines is 1. The zero-order valence-corrected chi connectivity index (χ0v) is 12.8. The molecular weight excluding hydrogens is 294 g/mol. The predicted octanol–water partition coefficient (Wildman–Crippen LogP) is 2.90. The van der Waals surface area contributed by atoms with Crippen LogP contribution in [-0.4, -0.2) is 22.0 Å². The van der Waals surface area contributed by atoms with Crippen molar-refractivity contribution in [3.05, 3.63) is 58.5 Å². The van der Waals surface area contributed by atoms with E-state index in [1.54, 1.807) is 42.5 Å². The number of fused-ring (bicyclic) bond motifs is 1. The van der Waals surface area contributed by atoms with Crippen LogP contribution in [0.3, 0.4) is 0 Å². The number of amides is 1. The number of nitrogens with one attached hydrogen (secondary N) is 3. The Morgan fingerprint density at radius 3 is 2.52 bits per heavy atom. The molecule has 0 saturated heterocycles. The third-order valence-corrected chi connectivity index (χ3v) is 3.28. The van der Waals surface area contributed by atoms with Gasteiger partial charge in [0, 0.05) is 5.69 Å². The van der Waals surface area contributed by atoms with Crippen LogP contribution in [0.4, 0.5) is 5.69 Å². The van der Waals surface area contributed by atoms with E-state index in [0.717, 1.165) is 5.75 Å². The lowest BCUT2D eigenvalue weighted by Gasteiger charge is -2.11. The normalized spacial score (nSPS) is 10.9. The second-order valence-corrected chi connectivity index (χ2v) is 5.45. The molecule has 0 fully saturated rings. The first-order valence-electron chi connectivity index (χ1n) is 7.32. The number of para-hydroxylation sites is 1. The van der Waals surface area contributed by atoms with Crippen LogP contribution >= 0.6 is 0 Å². The summed E-state index contributed by atoms with van der Waals surface area (Å²) in [5.74, 6) is 0.457. The lowest BCUT2D eigenvalue weighted by molar-refractivity contribution is 0.102. The van der Waals surface area contributed by atoms with Crippen molar-refractivity contribution < 1.29 is 9.53 Å². The number of carbonyl (C=O) groups is 1. The van der Waals surface area contributed by atoms with E-state index in [1.165, 1.54) is 0 Å². The monoisotopic (exact) mass is 311 g/mol. The molecule has 6 nitrogen and oxygen atoms in total. The molecule has 0 spiro atoms. The number of benzene rings is 2. The highest BCUT2D eigenvalue weighted by atomic mass is 16.5. The molecule has 3 N–H and O–H groups in total. The molecule has 0 bridgehead atoms. The fourth-order valence-electron chi connectivity index (χ4n) is 2.33. The van der Waals surface area contributed by atoms with Gasteiger partial charge in [0.05, 0.1) is 22.7 Å². The van der Waals surface area contributed by atoms with Gasteiger partial charge in [-0.2, -0.15) is 0 Å². The summed E-state index contributed by atoms with van der Waals surface area (Å²) in [7, 11) is 0. The van der Waals surface area contributed by atoms with Crippen molar-refractivity contribution in [3.8, 4) is 5.75 Å². The number of H-pyrrole nitrogens is 2. The van der Waals surface area contributed by atoms with Crippen molar-refractivity contribution in [2.75, 3.05) is 5.32 Å². The Labute approximate surface area is 132 Å². The molecule has 1 amide bonds. The molecule has 3 aromatic rings. The maximum atomic E-state index is 12.4. The number of ether oxygens (including phenoxy) is 1. The van der Waals surface area contributed by atoms with E-state index < -0.39 is 0 Å². The summed E-state index contributed by atoms with van der Waals surface area (Å²) in [5.41, 5.74) is 1.82. The fourth-order valence-corrected chi connectivity index (χ4v) is 2.33. The van der Waals surface area contributed by atoms with Crippen molar-refractivity contribution in [1.29, 1.82) is 0 Å². The van der Waals surface area contributed by atoms with Crippen molar-refractivity contribution in [2.24, 2.45) is 0 Å². The van der Waals surface area contributed by atoms with Gasteiger partial charge in [-0.05, 0) is 50.2 Å². The van der Waals surface area contributed by atoms with Gasteiger partial charge in [0.1, 0.15) is 5.75 Å². The van der Waals surface area contributed by atoms with Crippen LogP contribution in [0.1, 0.15) is 24.2 Å². The molecule has 0 saturated carbocycles. The van der Waals surface area contributed by atoms with Gasteiger partial charge >= 0.3 is 5.69 Å². The van der Waals surface area contributed by atoms with E-state index in [-0.39, 0.29) is 17.7 Å². The predicted molar refractivity (Wildman–Crippen MR) is 89.1 cm³/mol. The molecule has 1 heterocycles. The summed E-state index contributed by atoms with van der Waals surface area (Å²) < 4.78 is 5.56. The van der Waals surface area contributed by atoms with E-state index in [0.29, 0.717) is 22.3 Å². The summed E-state index contributed by atoms with van der Waals surface area (Å²) in [6, 6.07) is 12.3. The van der Waals surface area contributed by atoms with Crippen LogP contribution in [0.2, 0.25) is 0 Å². The van der Waals surface area contributed by atoms with Crippen LogP contribution in [0.15, 0.2) is 47.3 Å². The molecule has 0 aliphatic carbocycles. The highest BCUT2D eigenvalue weighted by molar-refractivity contribution is 6.11. The first kappa shape index (κ1) is 14.9. The quantitative estimate of drug-likeness (QED) is 0.692. The molecule has 0 aliphatic rings. The van der Waals surface area contributed by atoms with Crippen LogP contribution in [0.25, 0.3) is 11.0 Å². The number of hydrogen-bond acceptors (Lipinski definition) is 3. The molecule has 6 heteroatoms. The van der Waals surface area contributed by atoms with Gasteiger partial charge in [-0.1, -0.05) is 6.07 Å². The zero-order valence-electron chi connectivity index (χ0n) is 12.8. The molecule has 0 aliphatic heterocycles. The van der Waals surface area contributed by atoms with Crippen LogP contribution in [0.5, 0.6) is 5.75 Å². The van der Waals surface area contributed by atoms with Gasteiger partial charge in [-0.15, -0.1) is 0 Å². The Balaban J connectivity index is 1.82. The van der Waals surface area contributed by atoms with Gasteiger partial charge in [-0.25, -0.2) is 4.79 Å². The van der Waals surface area contributed by atoms with Gasteiger partial charge in [-0.3, -0.25) is 4.79 Å². The summed E-state index contributed by atoms with van der Waals surface area (Å²) in [4.78, 5) is 29.1. The third kappa shape index (κ3) is 3.26. The van der Waals surface area contributed by atoms with Gasteiger partial charge in [0.2, 0.25) is 0 Å². The van der Waals surface area contributed by atoms with Crippen LogP contribution in [0, 0.1) is 0 Å². The summed E-state index contributed by atoms with van der Waals surface area (Å²) >= 11 is 0. The van der Waals surface area contributed by atoms with Gasteiger partial charge < -0.3 is 20.0 Å². The lowest BCUT2D eigenvalue weighted by Crippen LogP contribution is -2.13. The fraction of sp³-hybridized carbons (Fsp3) is 0.176. The summed E-state index contributed by atoms with van der Waals surface area (Å²) in [6.45, 7) is 3.90. The second kappa shape index (κ2) is 6.00.